The van der Waals surface area contributed by atoms with Gasteiger partial charge in [0.2, 0.25) is 5.91 Å². The van der Waals surface area contributed by atoms with Gasteiger partial charge in [-0.3, -0.25) is 4.79 Å². The van der Waals surface area contributed by atoms with Crippen molar-refractivity contribution >= 4 is 11.7 Å². The van der Waals surface area contributed by atoms with Gasteiger partial charge in [-0.05, 0) is 36.6 Å². The van der Waals surface area contributed by atoms with Gasteiger partial charge in [0.25, 0.3) is 0 Å². The van der Waals surface area contributed by atoms with Crippen LogP contribution in [-0.4, -0.2) is 16.9 Å². The van der Waals surface area contributed by atoms with Crippen LogP contribution in [0.2, 0.25) is 0 Å². The summed E-state index contributed by atoms with van der Waals surface area (Å²) in [6.07, 6.45) is -4.55. The number of nitrogen functional groups attached to an aromatic ring is 1. The fourth-order valence-corrected chi connectivity index (χ4v) is 2.30. The molecule has 8 heteroatoms. The van der Waals surface area contributed by atoms with Gasteiger partial charge in [-0.15, -0.1) is 0 Å². The topological polar surface area (TPSA) is 91.8 Å². The van der Waals surface area contributed by atoms with Gasteiger partial charge in [-0.25, -0.2) is 4.98 Å². The van der Waals surface area contributed by atoms with Crippen LogP contribution in [0.5, 0.6) is 0 Å². The lowest BCUT2D eigenvalue weighted by Crippen LogP contribution is -2.33. The van der Waals surface area contributed by atoms with E-state index < -0.39 is 23.7 Å². The zero-order chi connectivity index (χ0) is 18.6. The third-order valence-electron chi connectivity index (χ3n) is 3.68. The van der Waals surface area contributed by atoms with E-state index in [-0.39, 0.29) is 18.5 Å². The Morgan fingerprint density at radius 1 is 1.32 bits per heavy atom. The largest absolute Gasteiger partial charge is 0.667 e. The first-order valence-electron chi connectivity index (χ1n) is 7.54. The van der Waals surface area contributed by atoms with E-state index >= 15 is 0 Å². The van der Waals surface area contributed by atoms with Crippen molar-refractivity contribution < 1.29 is 18.0 Å². The highest BCUT2D eigenvalue weighted by Gasteiger charge is 2.30. The molecule has 25 heavy (non-hydrogen) atoms. The van der Waals surface area contributed by atoms with Crippen LogP contribution in [0.1, 0.15) is 22.4 Å². The number of carbonyl (C=O) groups excluding carboxylic acids is 1. The monoisotopic (exact) mass is 351 g/mol. The molecular formula is C17H18F3N4O-. The van der Waals surface area contributed by atoms with Crippen LogP contribution < -0.4 is 11.1 Å². The molecule has 1 atom stereocenters. The van der Waals surface area contributed by atoms with Crippen molar-refractivity contribution in [2.24, 2.45) is 0 Å². The first kappa shape index (κ1) is 18.7. The van der Waals surface area contributed by atoms with E-state index in [9.17, 15) is 18.0 Å². The summed E-state index contributed by atoms with van der Waals surface area (Å²) in [4.78, 5) is 16.1. The van der Waals surface area contributed by atoms with E-state index in [1.165, 1.54) is 12.1 Å². The molecule has 1 aromatic carbocycles. The number of amides is 1. The van der Waals surface area contributed by atoms with Gasteiger partial charge in [0.05, 0.1) is 5.56 Å². The molecule has 134 valence electrons. The molecule has 0 aliphatic rings. The van der Waals surface area contributed by atoms with Crippen molar-refractivity contribution in [2.75, 3.05) is 5.73 Å². The van der Waals surface area contributed by atoms with Crippen LogP contribution in [0.25, 0.3) is 5.73 Å². The van der Waals surface area contributed by atoms with E-state index in [4.69, 9.17) is 11.5 Å². The maximum Gasteiger partial charge on any atom is 0.416 e. The summed E-state index contributed by atoms with van der Waals surface area (Å²) in [5.74, 6) is -0.191. The summed E-state index contributed by atoms with van der Waals surface area (Å²) in [6.45, 7) is 1.93. The molecule has 1 heterocycles. The van der Waals surface area contributed by atoms with Gasteiger partial charge in [-0.2, -0.15) is 13.2 Å². The maximum absolute atomic E-state index is 12.7. The standard InChI is InChI=1S/C17H18F3N4O/c1-10-12(5-6-15(22)24-10)9-23-16(25)14(21)8-11-3-2-4-13(7-11)17(18,19)20/h2-7,14,21H,8-9H2,1H3,(H2,22,24)(H,23,25)/q-1/t14-/m0/s1. The number of hydrogen-bond donors (Lipinski definition) is 2. The summed E-state index contributed by atoms with van der Waals surface area (Å²) < 4.78 is 38.1. The van der Waals surface area contributed by atoms with Crippen molar-refractivity contribution in [1.29, 1.82) is 0 Å². The number of hydrogen-bond acceptors (Lipinski definition) is 3. The number of nitrogens with zero attached hydrogens (tertiary/aromatic N) is 1. The average molecular weight is 351 g/mol. The Hall–Kier alpha value is -2.61. The number of halogens is 3. The van der Waals surface area contributed by atoms with Gasteiger partial charge in [0.15, 0.2) is 0 Å². The molecule has 0 spiro atoms. The maximum atomic E-state index is 12.7. The molecule has 0 saturated carbocycles. The van der Waals surface area contributed by atoms with Crippen LogP contribution in [0, 0.1) is 6.92 Å². The van der Waals surface area contributed by atoms with Crippen molar-refractivity contribution in [3.63, 3.8) is 0 Å². The molecule has 0 unspecified atom stereocenters. The fraction of sp³-hybridized carbons (Fsp3) is 0.294. The lowest BCUT2D eigenvalue weighted by atomic mass is 10.0. The highest BCUT2D eigenvalue weighted by atomic mass is 19.4. The Balaban J connectivity index is 1.96. The molecular weight excluding hydrogens is 333 g/mol. The van der Waals surface area contributed by atoms with E-state index in [1.54, 1.807) is 19.1 Å². The van der Waals surface area contributed by atoms with Gasteiger partial charge in [-0.1, -0.05) is 30.3 Å². The fourth-order valence-electron chi connectivity index (χ4n) is 2.30. The minimum absolute atomic E-state index is 0.102. The van der Waals surface area contributed by atoms with Gasteiger partial charge >= 0.3 is 6.18 Å². The summed E-state index contributed by atoms with van der Waals surface area (Å²) in [5, 5.41) is 2.59. The van der Waals surface area contributed by atoms with Crippen LogP contribution in [0.15, 0.2) is 36.4 Å². The van der Waals surface area contributed by atoms with Crippen molar-refractivity contribution in [1.82, 2.24) is 10.3 Å². The second-order valence-corrected chi connectivity index (χ2v) is 5.65. The SMILES string of the molecule is Cc1nc(N)ccc1CNC(=O)[C@@H]([NH-])Cc1cccc(C(F)(F)F)c1. The summed E-state index contributed by atoms with van der Waals surface area (Å²) in [7, 11) is 0. The van der Waals surface area contributed by atoms with E-state index in [0.29, 0.717) is 11.5 Å². The second-order valence-electron chi connectivity index (χ2n) is 5.65. The zero-order valence-electron chi connectivity index (χ0n) is 13.5. The highest BCUT2D eigenvalue weighted by molar-refractivity contribution is 5.83. The summed E-state index contributed by atoms with van der Waals surface area (Å²) in [6, 6.07) is 6.79. The van der Waals surface area contributed by atoms with E-state index in [2.05, 4.69) is 10.3 Å². The number of nitrogens with two attached hydrogens (primary N) is 1. The first-order valence-corrected chi connectivity index (χ1v) is 7.54. The summed E-state index contributed by atoms with van der Waals surface area (Å²) >= 11 is 0. The Bertz CT molecular complexity index is 762. The van der Waals surface area contributed by atoms with Crippen LogP contribution >= 0.6 is 0 Å². The number of rotatable bonds is 5. The normalized spacial score (nSPS) is 12.7. The Labute approximate surface area is 143 Å². The second kappa shape index (κ2) is 7.52. The van der Waals surface area contributed by atoms with E-state index in [0.717, 1.165) is 17.7 Å². The minimum atomic E-state index is -4.45. The molecule has 0 aliphatic heterocycles. The predicted molar refractivity (Wildman–Crippen MR) is 88.5 cm³/mol. The number of alkyl halides is 3. The molecule has 0 radical (unpaired) electrons. The Morgan fingerprint density at radius 3 is 2.68 bits per heavy atom. The number of aromatic nitrogens is 1. The third-order valence-corrected chi connectivity index (χ3v) is 3.68. The van der Waals surface area contributed by atoms with Gasteiger partial charge in [0.1, 0.15) is 5.82 Å². The highest BCUT2D eigenvalue weighted by Crippen LogP contribution is 2.29. The molecule has 2 aromatic rings. The smallest absolute Gasteiger partial charge is 0.416 e. The minimum Gasteiger partial charge on any atom is -0.667 e. The van der Waals surface area contributed by atoms with Crippen molar-refractivity contribution in [3.8, 4) is 0 Å². The number of carbonyl (C=O) groups is 1. The van der Waals surface area contributed by atoms with Crippen LogP contribution in [0.4, 0.5) is 19.0 Å². The quantitative estimate of drug-likeness (QED) is 0.866. The number of aryl methyl sites for hydroxylation is 1. The van der Waals surface area contributed by atoms with Crippen LogP contribution in [0.3, 0.4) is 0 Å². The number of nitrogens with one attached hydrogen (secondary N) is 2. The average Bonchev–Trinajstić information content (AvgIpc) is 2.53. The summed E-state index contributed by atoms with van der Waals surface area (Å²) in [5.41, 5.74) is 14.3. The predicted octanol–water partition coefficient (Wildman–Crippen LogP) is 3.27. The molecule has 5 nitrogen and oxygen atoms in total. The molecule has 4 N–H and O–H groups in total. The van der Waals surface area contributed by atoms with Gasteiger partial charge in [0, 0.05) is 12.2 Å². The van der Waals surface area contributed by atoms with Gasteiger partial charge < -0.3 is 16.8 Å². The van der Waals surface area contributed by atoms with Crippen molar-refractivity contribution in [2.45, 2.75) is 32.1 Å². The molecule has 1 amide bonds. The number of anilines is 1. The molecule has 2 rings (SSSR count). The first-order chi connectivity index (χ1) is 11.7. The number of benzene rings is 1. The molecule has 0 bridgehead atoms. The molecule has 0 saturated heterocycles. The molecule has 0 fully saturated rings. The lowest BCUT2D eigenvalue weighted by Gasteiger charge is -2.20. The van der Waals surface area contributed by atoms with E-state index in [1.807, 2.05) is 0 Å². The third kappa shape index (κ3) is 5.18. The Morgan fingerprint density at radius 2 is 2.04 bits per heavy atom. The zero-order valence-corrected chi connectivity index (χ0v) is 13.5. The Kier molecular flexibility index (Phi) is 5.63. The molecule has 0 aliphatic carbocycles. The van der Waals surface area contributed by atoms with Crippen molar-refractivity contribution in [3.05, 3.63) is 64.5 Å². The number of pyridine rings is 1. The molecule has 1 aromatic heterocycles. The lowest BCUT2D eigenvalue weighted by molar-refractivity contribution is -0.137. The van der Waals surface area contributed by atoms with Crippen LogP contribution in [-0.2, 0) is 23.9 Å².